The average molecular weight is 290 g/mol. The molecule has 0 bridgehead atoms. The zero-order valence-corrected chi connectivity index (χ0v) is 12.3. The molecule has 1 aromatic heterocycles. The molecule has 106 valence electrons. The first-order chi connectivity index (χ1) is 9.70. The highest BCUT2D eigenvalue weighted by atomic mass is 32.1. The number of ether oxygens (including phenoxy) is 1. The van der Waals surface area contributed by atoms with E-state index in [1.54, 1.807) is 0 Å². The second-order valence-corrected chi connectivity index (χ2v) is 6.24. The summed E-state index contributed by atoms with van der Waals surface area (Å²) in [7, 11) is 0. The van der Waals surface area contributed by atoms with Gasteiger partial charge in [0.1, 0.15) is 0 Å². The number of carbonyl (C=O) groups excluding carboxylic acids is 1. The van der Waals surface area contributed by atoms with Crippen molar-refractivity contribution in [2.24, 2.45) is 0 Å². The number of hydrogen-bond donors (Lipinski definition) is 1. The molecule has 2 aromatic rings. The van der Waals surface area contributed by atoms with E-state index in [-0.39, 0.29) is 12.0 Å². The molecule has 1 amide bonds. The van der Waals surface area contributed by atoms with Crippen molar-refractivity contribution in [3.8, 4) is 0 Å². The summed E-state index contributed by atoms with van der Waals surface area (Å²) >= 11 is 1.52. The van der Waals surface area contributed by atoms with E-state index < -0.39 is 0 Å². The number of hydrogen-bond acceptors (Lipinski definition) is 4. The van der Waals surface area contributed by atoms with Crippen LogP contribution in [0.4, 0.5) is 5.13 Å². The maximum absolute atomic E-state index is 11.9. The van der Waals surface area contributed by atoms with Crippen molar-refractivity contribution in [3.63, 3.8) is 0 Å². The maximum atomic E-state index is 11.9. The van der Waals surface area contributed by atoms with E-state index in [1.807, 2.05) is 12.1 Å². The molecule has 3 rings (SSSR count). The van der Waals surface area contributed by atoms with E-state index in [0.29, 0.717) is 11.6 Å². The third-order valence-corrected chi connectivity index (χ3v) is 4.44. The van der Waals surface area contributed by atoms with Gasteiger partial charge in [-0.1, -0.05) is 17.4 Å². The van der Waals surface area contributed by atoms with Crippen molar-refractivity contribution in [1.29, 1.82) is 0 Å². The van der Waals surface area contributed by atoms with Gasteiger partial charge < -0.3 is 10.1 Å². The number of anilines is 1. The second kappa shape index (κ2) is 5.89. The van der Waals surface area contributed by atoms with Gasteiger partial charge in [0.2, 0.25) is 5.91 Å². The third kappa shape index (κ3) is 3.16. The second-order valence-electron chi connectivity index (χ2n) is 5.21. The van der Waals surface area contributed by atoms with Crippen LogP contribution in [0, 0.1) is 6.92 Å². The molecule has 1 saturated heterocycles. The molecule has 1 fully saturated rings. The number of carbonyl (C=O) groups is 1. The number of nitrogens with one attached hydrogen (secondary N) is 1. The normalized spacial score (nSPS) is 18.6. The largest absolute Gasteiger partial charge is 0.378 e. The third-order valence-electron chi connectivity index (χ3n) is 3.51. The minimum Gasteiger partial charge on any atom is -0.378 e. The fraction of sp³-hybridized carbons (Fsp3) is 0.467. The van der Waals surface area contributed by atoms with Crippen molar-refractivity contribution in [3.05, 3.63) is 23.8 Å². The highest BCUT2D eigenvalue weighted by Gasteiger charge is 2.17. The summed E-state index contributed by atoms with van der Waals surface area (Å²) in [6, 6.07) is 6.11. The quantitative estimate of drug-likeness (QED) is 0.937. The highest BCUT2D eigenvalue weighted by Crippen LogP contribution is 2.27. The smallest absolute Gasteiger partial charge is 0.226 e. The summed E-state index contributed by atoms with van der Waals surface area (Å²) in [6.07, 6.45) is 3.76. The van der Waals surface area contributed by atoms with Gasteiger partial charge in [0.05, 0.1) is 16.3 Å². The number of aromatic nitrogens is 1. The molecule has 1 aromatic carbocycles. The molecule has 2 heterocycles. The van der Waals surface area contributed by atoms with Crippen LogP contribution in [0.25, 0.3) is 10.2 Å². The highest BCUT2D eigenvalue weighted by molar-refractivity contribution is 7.22. The molecule has 1 atom stereocenters. The zero-order chi connectivity index (χ0) is 13.9. The van der Waals surface area contributed by atoms with Crippen molar-refractivity contribution < 1.29 is 9.53 Å². The Bertz CT molecular complexity index is 617. The van der Waals surface area contributed by atoms with E-state index in [9.17, 15) is 4.79 Å². The summed E-state index contributed by atoms with van der Waals surface area (Å²) < 4.78 is 6.63. The molecule has 0 radical (unpaired) electrons. The lowest BCUT2D eigenvalue weighted by Crippen LogP contribution is -2.15. The van der Waals surface area contributed by atoms with Gasteiger partial charge in [-0.25, -0.2) is 4.98 Å². The van der Waals surface area contributed by atoms with Crippen LogP contribution in [0.1, 0.15) is 31.2 Å². The Morgan fingerprint density at radius 1 is 1.55 bits per heavy atom. The molecule has 20 heavy (non-hydrogen) atoms. The molecular weight excluding hydrogens is 272 g/mol. The van der Waals surface area contributed by atoms with Crippen LogP contribution in [-0.4, -0.2) is 23.6 Å². The Labute approximate surface area is 122 Å². The summed E-state index contributed by atoms with van der Waals surface area (Å²) in [5, 5.41) is 3.57. The summed E-state index contributed by atoms with van der Waals surface area (Å²) in [6.45, 7) is 2.89. The van der Waals surface area contributed by atoms with E-state index in [1.165, 1.54) is 16.9 Å². The van der Waals surface area contributed by atoms with Gasteiger partial charge in [0, 0.05) is 13.0 Å². The van der Waals surface area contributed by atoms with E-state index in [0.717, 1.165) is 36.1 Å². The van der Waals surface area contributed by atoms with Gasteiger partial charge in [0.15, 0.2) is 5.13 Å². The Hall–Kier alpha value is -1.46. The minimum atomic E-state index is 0.0243. The van der Waals surface area contributed by atoms with Crippen LogP contribution >= 0.6 is 11.3 Å². The number of benzene rings is 1. The van der Waals surface area contributed by atoms with Gasteiger partial charge in [-0.3, -0.25) is 4.79 Å². The van der Waals surface area contributed by atoms with Gasteiger partial charge in [-0.2, -0.15) is 0 Å². The molecule has 5 heteroatoms. The Balaban J connectivity index is 1.59. The fourth-order valence-corrected chi connectivity index (χ4v) is 3.41. The number of fused-ring (bicyclic) bond motifs is 1. The van der Waals surface area contributed by atoms with Crippen LogP contribution in [0.2, 0.25) is 0 Å². The van der Waals surface area contributed by atoms with Gasteiger partial charge in [-0.05, 0) is 43.9 Å². The molecular formula is C15H18N2O2S. The van der Waals surface area contributed by atoms with Gasteiger partial charge in [0.25, 0.3) is 0 Å². The number of nitrogens with zero attached hydrogens (tertiary/aromatic N) is 1. The molecule has 0 unspecified atom stereocenters. The Morgan fingerprint density at radius 2 is 2.45 bits per heavy atom. The maximum Gasteiger partial charge on any atom is 0.226 e. The van der Waals surface area contributed by atoms with Crippen molar-refractivity contribution in [2.45, 2.75) is 38.7 Å². The van der Waals surface area contributed by atoms with Crippen LogP contribution < -0.4 is 5.32 Å². The number of aryl methyl sites for hydroxylation is 1. The van der Waals surface area contributed by atoms with E-state index in [4.69, 9.17) is 4.74 Å². The van der Waals surface area contributed by atoms with Gasteiger partial charge in [-0.15, -0.1) is 0 Å². The Kier molecular flexibility index (Phi) is 3.98. The van der Waals surface area contributed by atoms with E-state index in [2.05, 4.69) is 23.3 Å². The molecule has 1 aliphatic heterocycles. The lowest BCUT2D eigenvalue weighted by molar-refractivity contribution is -0.116. The number of thiazole rings is 1. The molecule has 0 spiro atoms. The monoisotopic (exact) mass is 290 g/mol. The van der Waals surface area contributed by atoms with Crippen LogP contribution in [-0.2, 0) is 9.53 Å². The zero-order valence-electron chi connectivity index (χ0n) is 11.5. The number of rotatable bonds is 4. The Morgan fingerprint density at radius 3 is 3.25 bits per heavy atom. The van der Waals surface area contributed by atoms with Crippen LogP contribution in [0.15, 0.2) is 18.2 Å². The first-order valence-corrected chi connectivity index (χ1v) is 7.81. The molecule has 0 aliphatic carbocycles. The number of amides is 1. The SMILES string of the molecule is Cc1ccc2nc(NC(=O)CC[C@@H]3CCCO3)sc2c1. The molecule has 1 aliphatic rings. The average Bonchev–Trinajstić information content (AvgIpc) is 3.04. The van der Waals surface area contributed by atoms with Crippen molar-refractivity contribution in [2.75, 3.05) is 11.9 Å². The molecule has 1 N–H and O–H groups in total. The summed E-state index contributed by atoms with van der Waals surface area (Å²) in [4.78, 5) is 16.3. The topological polar surface area (TPSA) is 51.2 Å². The minimum absolute atomic E-state index is 0.0243. The lowest BCUT2D eigenvalue weighted by Gasteiger charge is -2.07. The van der Waals surface area contributed by atoms with Crippen LogP contribution in [0.3, 0.4) is 0 Å². The van der Waals surface area contributed by atoms with Crippen LogP contribution in [0.5, 0.6) is 0 Å². The molecule has 0 saturated carbocycles. The van der Waals surface area contributed by atoms with E-state index >= 15 is 0 Å². The first kappa shape index (κ1) is 13.5. The summed E-state index contributed by atoms with van der Waals surface area (Å²) in [5.74, 6) is 0.0243. The predicted octanol–water partition coefficient (Wildman–Crippen LogP) is 3.50. The van der Waals surface area contributed by atoms with Crippen molar-refractivity contribution in [1.82, 2.24) is 4.98 Å². The predicted molar refractivity (Wildman–Crippen MR) is 81.2 cm³/mol. The molecule has 4 nitrogen and oxygen atoms in total. The summed E-state index contributed by atoms with van der Waals surface area (Å²) in [5.41, 5.74) is 2.15. The fourth-order valence-electron chi connectivity index (χ4n) is 2.43. The lowest BCUT2D eigenvalue weighted by atomic mass is 10.1. The van der Waals surface area contributed by atoms with Gasteiger partial charge >= 0.3 is 0 Å². The first-order valence-electron chi connectivity index (χ1n) is 6.99. The van der Waals surface area contributed by atoms with Crippen molar-refractivity contribution >= 4 is 32.6 Å². The standard InChI is InChI=1S/C15H18N2O2S/c1-10-4-6-12-13(9-10)20-15(16-12)17-14(18)7-5-11-3-2-8-19-11/h4,6,9,11H,2-3,5,7-8H2,1H3,(H,16,17,18)/t11-/m0/s1.